The van der Waals surface area contributed by atoms with Gasteiger partial charge in [-0.3, -0.25) is 9.59 Å². The Morgan fingerprint density at radius 1 is 0.805 bits per heavy atom. The summed E-state index contributed by atoms with van der Waals surface area (Å²) in [5, 5.41) is 0. The van der Waals surface area contributed by atoms with Crippen LogP contribution < -0.4 is 5.56 Å². The minimum absolute atomic E-state index is 0.0758. The molecular weight excluding hydrogens is 548 g/mol. The molecule has 41 heavy (non-hydrogen) atoms. The number of carbonyl (C=O) groups is 1. The molecule has 3 aromatic rings. The highest BCUT2D eigenvalue weighted by molar-refractivity contribution is 6.00. The lowest BCUT2D eigenvalue weighted by Crippen LogP contribution is -2.42. The average Bonchev–Trinajstić information content (AvgIpc) is 2.89. The Morgan fingerprint density at radius 2 is 1.41 bits per heavy atom. The van der Waals surface area contributed by atoms with Crippen LogP contribution in [0.3, 0.4) is 0 Å². The van der Waals surface area contributed by atoms with Crippen LogP contribution in [0.2, 0.25) is 0 Å². The number of halogens is 6. The number of aryl methyl sites for hydroxylation is 1. The van der Waals surface area contributed by atoms with Gasteiger partial charge in [-0.25, -0.2) is 0 Å². The van der Waals surface area contributed by atoms with Crippen molar-refractivity contribution in [1.29, 1.82) is 0 Å². The van der Waals surface area contributed by atoms with E-state index in [1.807, 2.05) is 43.1 Å². The molecule has 0 atom stereocenters. The van der Waals surface area contributed by atoms with Gasteiger partial charge in [-0.2, -0.15) is 26.3 Å². The van der Waals surface area contributed by atoms with Gasteiger partial charge in [0.2, 0.25) is 0 Å². The van der Waals surface area contributed by atoms with Gasteiger partial charge >= 0.3 is 12.4 Å². The number of hydrogen-bond acceptors (Lipinski definition) is 3. The van der Waals surface area contributed by atoms with E-state index in [4.69, 9.17) is 0 Å². The Hall–Kier alpha value is -3.60. The highest BCUT2D eigenvalue weighted by Gasteiger charge is 2.38. The molecule has 0 saturated carbocycles. The number of amides is 1. The number of pyridine rings is 1. The molecule has 2 aromatic carbocycles. The third-order valence-electron chi connectivity index (χ3n) is 7.76. The molecule has 218 valence electrons. The zero-order chi connectivity index (χ0) is 29.7. The highest BCUT2D eigenvalue weighted by atomic mass is 19.4. The van der Waals surface area contributed by atoms with E-state index in [1.165, 1.54) is 9.47 Å². The van der Waals surface area contributed by atoms with Gasteiger partial charge < -0.3 is 14.4 Å². The minimum Gasteiger partial charge on any atom is -0.333 e. The Kier molecular flexibility index (Phi) is 7.52. The zero-order valence-corrected chi connectivity index (χ0v) is 22.6. The second-order valence-corrected chi connectivity index (χ2v) is 10.8. The molecule has 0 saturated heterocycles. The number of aromatic nitrogens is 1. The fourth-order valence-electron chi connectivity index (χ4n) is 5.69. The van der Waals surface area contributed by atoms with Crippen LogP contribution in [0.1, 0.15) is 56.7 Å². The molecule has 0 fully saturated rings. The summed E-state index contributed by atoms with van der Waals surface area (Å²) in [6.45, 7) is 2.94. The SMILES string of the molecule is Cc1ccc(-c2c3c(c(=O)n4c2C(=O)N(Cc2cc(C(F)(F)F)cc(C(F)(F)F)c2)CCCC4)CN(C)CC3)cc1. The monoisotopic (exact) mass is 577 g/mol. The van der Waals surface area contributed by atoms with E-state index in [0.717, 1.165) is 16.7 Å². The standard InChI is InChI=1S/C30H29F6N3O2/c1-18-5-7-20(8-6-18)25-23-9-12-37(2)17-24(23)27(40)39-11-4-3-10-38(28(41)26(25)39)16-19-13-21(29(31,32)33)15-22(14-19)30(34,35)36/h5-8,13-15H,3-4,9-12,16-17H2,1-2H3. The summed E-state index contributed by atoms with van der Waals surface area (Å²) in [6.07, 6.45) is -8.54. The lowest BCUT2D eigenvalue weighted by Gasteiger charge is -2.33. The van der Waals surface area contributed by atoms with Crippen molar-refractivity contribution in [3.63, 3.8) is 0 Å². The Labute approximate surface area is 233 Å². The topological polar surface area (TPSA) is 45.6 Å². The van der Waals surface area contributed by atoms with Gasteiger partial charge in [0.15, 0.2) is 0 Å². The quantitative estimate of drug-likeness (QED) is 0.344. The molecule has 2 aliphatic heterocycles. The lowest BCUT2D eigenvalue weighted by atomic mass is 9.89. The number of likely N-dealkylation sites (N-methyl/N-ethyl adjacent to an activating group) is 1. The maximum absolute atomic E-state index is 14.2. The molecule has 5 nitrogen and oxygen atoms in total. The number of rotatable bonds is 3. The van der Waals surface area contributed by atoms with Crippen LogP contribution in [-0.4, -0.2) is 40.4 Å². The summed E-state index contributed by atoms with van der Waals surface area (Å²) in [7, 11) is 1.91. The van der Waals surface area contributed by atoms with Crippen molar-refractivity contribution in [1.82, 2.24) is 14.4 Å². The Morgan fingerprint density at radius 3 is 2.02 bits per heavy atom. The summed E-state index contributed by atoms with van der Waals surface area (Å²) < 4.78 is 82.6. The first-order valence-electron chi connectivity index (χ1n) is 13.4. The number of benzene rings is 2. The molecule has 1 aromatic heterocycles. The molecule has 11 heteroatoms. The normalized spacial score (nSPS) is 16.7. The van der Waals surface area contributed by atoms with Gasteiger partial charge in [0.25, 0.3) is 11.5 Å². The van der Waals surface area contributed by atoms with Crippen molar-refractivity contribution >= 4 is 5.91 Å². The van der Waals surface area contributed by atoms with Crippen LogP contribution in [0.4, 0.5) is 26.3 Å². The molecule has 3 heterocycles. The summed E-state index contributed by atoms with van der Waals surface area (Å²) in [5.74, 6) is -0.593. The van der Waals surface area contributed by atoms with Crippen LogP contribution in [0, 0.1) is 6.92 Å². The van der Waals surface area contributed by atoms with Crippen LogP contribution in [-0.2, 0) is 38.4 Å². The van der Waals surface area contributed by atoms with Crippen molar-refractivity contribution < 1.29 is 31.1 Å². The number of carbonyl (C=O) groups excluding carboxylic acids is 1. The van der Waals surface area contributed by atoms with E-state index >= 15 is 0 Å². The fourth-order valence-corrected chi connectivity index (χ4v) is 5.69. The number of hydrogen-bond donors (Lipinski definition) is 0. The van der Waals surface area contributed by atoms with E-state index < -0.39 is 35.9 Å². The zero-order valence-electron chi connectivity index (χ0n) is 22.6. The second kappa shape index (κ2) is 10.7. The van der Waals surface area contributed by atoms with Crippen LogP contribution in [0.25, 0.3) is 11.1 Å². The van der Waals surface area contributed by atoms with Crippen molar-refractivity contribution in [2.24, 2.45) is 0 Å². The molecule has 1 amide bonds. The van der Waals surface area contributed by atoms with Gasteiger partial charge in [0.1, 0.15) is 5.69 Å². The summed E-state index contributed by atoms with van der Waals surface area (Å²) >= 11 is 0. The summed E-state index contributed by atoms with van der Waals surface area (Å²) in [6, 6.07) is 8.90. The largest absolute Gasteiger partial charge is 0.416 e. The number of nitrogens with zero attached hydrogens (tertiary/aromatic N) is 3. The van der Waals surface area contributed by atoms with Gasteiger partial charge in [-0.1, -0.05) is 29.8 Å². The molecule has 5 rings (SSSR count). The van der Waals surface area contributed by atoms with Crippen molar-refractivity contribution in [3.8, 4) is 11.1 Å². The van der Waals surface area contributed by atoms with E-state index in [1.54, 1.807) is 0 Å². The highest BCUT2D eigenvalue weighted by Crippen LogP contribution is 2.38. The summed E-state index contributed by atoms with van der Waals surface area (Å²) in [4.78, 5) is 31.3. The Balaban J connectivity index is 1.67. The van der Waals surface area contributed by atoms with Crippen LogP contribution in [0.15, 0.2) is 47.3 Å². The van der Waals surface area contributed by atoms with Crippen LogP contribution in [0.5, 0.6) is 0 Å². The second-order valence-electron chi connectivity index (χ2n) is 10.8. The first-order chi connectivity index (χ1) is 19.2. The van der Waals surface area contributed by atoms with E-state index in [9.17, 15) is 35.9 Å². The van der Waals surface area contributed by atoms with Crippen molar-refractivity contribution in [2.45, 2.75) is 58.2 Å². The molecule has 0 N–H and O–H groups in total. The number of fused-ring (bicyclic) bond motifs is 2. The predicted octanol–water partition coefficient (Wildman–Crippen LogP) is 6.29. The van der Waals surface area contributed by atoms with Crippen LogP contribution >= 0.6 is 0 Å². The first kappa shape index (κ1) is 28.9. The first-order valence-corrected chi connectivity index (χ1v) is 13.4. The third kappa shape index (κ3) is 5.77. The van der Waals surface area contributed by atoms with Gasteiger partial charge in [-0.15, -0.1) is 0 Å². The fraction of sp³-hybridized carbons (Fsp3) is 0.400. The van der Waals surface area contributed by atoms with E-state index in [0.29, 0.717) is 55.6 Å². The maximum atomic E-state index is 14.2. The predicted molar refractivity (Wildman–Crippen MR) is 141 cm³/mol. The summed E-state index contributed by atoms with van der Waals surface area (Å²) in [5.41, 5.74) is 0.380. The van der Waals surface area contributed by atoms with Gasteiger partial charge in [-0.05, 0) is 68.1 Å². The van der Waals surface area contributed by atoms with Gasteiger partial charge in [0.05, 0.1) is 11.1 Å². The third-order valence-corrected chi connectivity index (χ3v) is 7.76. The molecule has 0 spiro atoms. The van der Waals surface area contributed by atoms with Crippen molar-refractivity contribution in [2.75, 3.05) is 20.1 Å². The van der Waals surface area contributed by atoms with E-state index in [-0.39, 0.29) is 36.0 Å². The molecule has 2 aliphatic rings. The average molecular weight is 578 g/mol. The minimum atomic E-state index is -5.00. The molecule has 0 bridgehead atoms. The van der Waals surface area contributed by atoms with Gasteiger partial charge in [0, 0.05) is 43.9 Å². The maximum Gasteiger partial charge on any atom is 0.416 e. The molecule has 0 radical (unpaired) electrons. The Bertz CT molecular complexity index is 1510. The van der Waals surface area contributed by atoms with E-state index in [2.05, 4.69) is 0 Å². The lowest BCUT2D eigenvalue weighted by molar-refractivity contribution is -0.143. The number of alkyl halides is 6. The molecule has 0 unspecified atom stereocenters. The van der Waals surface area contributed by atoms with Crippen molar-refractivity contribution in [3.05, 3.63) is 91.9 Å². The molecular formula is C30H29F6N3O2. The smallest absolute Gasteiger partial charge is 0.333 e. The molecule has 0 aliphatic carbocycles.